The average molecular weight is 482 g/mol. The summed E-state index contributed by atoms with van der Waals surface area (Å²) in [6.07, 6.45) is 4.63. The molecular formula is C25H28ClN5O3. The molecule has 1 aromatic heterocycles. The lowest BCUT2D eigenvalue weighted by molar-refractivity contribution is 0.0595. The minimum Gasteiger partial charge on any atom is -0.464 e. The van der Waals surface area contributed by atoms with Crippen LogP contribution in [0.4, 0.5) is 0 Å². The number of halogens is 1. The van der Waals surface area contributed by atoms with Gasteiger partial charge >= 0.3 is 5.97 Å². The molecule has 9 heteroatoms. The SMILES string of the molecule is CCCCC1N=CC(Cl)(CO)N1Cc1ccc(-c2ccccc2-c2n[nH]nc2C(=O)OC)cc1. The fourth-order valence-corrected chi connectivity index (χ4v) is 4.40. The van der Waals surface area contributed by atoms with Gasteiger partial charge in [0, 0.05) is 18.3 Å². The van der Waals surface area contributed by atoms with Crippen LogP contribution in [-0.4, -0.2) is 62.5 Å². The molecule has 3 aromatic rings. The fraction of sp³-hybridized carbons (Fsp3) is 0.360. The van der Waals surface area contributed by atoms with Gasteiger partial charge in [-0.2, -0.15) is 10.3 Å². The minimum atomic E-state index is -0.985. The van der Waals surface area contributed by atoms with Crippen LogP contribution in [0.15, 0.2) is 53.5 Å². The average Bonchev–Trinajstić information content (AvgIpc) is 3.48. The van der Waals surface area contributed by atoms with Crippen molar-refractivity contribution in [3.63, 3.8) is 0 Å². The zero-order chi connectivity index (χ0) is 24.1. The number of aliphatic hydroxyl groups is 1. The lowest BCUT2D eigenvalue weighted by Crippen LogP contribution is -2.47. The smallest absolute Gasteiger partial charge is 0.360 e. The minimum absolute atomic E-state index is 0.0473. The van der Waals surface area contributed by atoms with Gasteiger partial charge in [-0.1, -0.05) is 79.9 Å². The van der Waals surface area contributed by atoms with Crippen molar-refractivity contribution in [3.8, 4) is 22.4 Å². The molecule has 8 nitrogen and oxygen atoms in total. The molecule has 0 spiro atoms. The van der Waals surface area contributed by atoms with E-state index in [1.807, 2.05) is 53.4 Å². The summed E-state index contributed by atoms with van der Waals surface area (Å²) < 4.78 is 4.84. The first-order chi connectivity index (χ1) is 16.5. The van der Waals surface area contributed by atoms with Crippen molar-refractivity contribution in [3.05, 3.63) is 59.8 Å². The maximum atomic E-state index is 12.1. The standard InChI is InChI=1S/C25H28ClN5O3/c1-3-4-9-21-27-15-25(26,16-32)31(21)14-17-10-12-18(13-11-17)19-7-5-6-8-20(19)22-23(24(33)34-2)29-30-28-22/h5-8,10-13,15,21,32H,3-4,9,14,16H2,1-2H3,(H,28,29,30). The number of aliphatic imine (C=N–C) groups is 1. The van der Waals surface area contributed by atoms with E-state index in [0.717, 1.165) is 41.5 Å². The topological polar surface area (TPSA) is 104 Å². The number of alkyl halides is 1. The van der Waals surface area contributed by atoms with Crippen molar-refractivity contribution >= 4 is 23.8 Å². The molecule has 2 N–H and O–H groups in total. The molecule has 0 saturated heterocycles. The van der Waals surface area contributed by atoms with Gasteiger partial charge in [0.25, 0.3) is 0 Å². The number of nitrogens with one attached hydrogen (secondary N) is 1. The molecule has 2 atom stereocenters. The summed E-state index contributed by atoms with van der Waals surface area (Å²) in [5.74, 6) is -0.548. The number of ether oxygens (including phenoxy) is 1. The number of nitrogens with zero attached hydrogens (tertiary/aromatic N) is 4. The van der Waals surface area contributed by atoms with E-state index < -0.39 is 11.0 Å². The summed E-state index contributed by atoms with van der Waals surface area (Å²) >= 11 is 6.68. The highest BCUT2D eigenvalue weighted by atomic mass is 35.5. The maximum absolute atomic E-state index is 12.1. The Labute approximate surface area is 203 Å². The first-order valence-corrected chi connectivity index (χ1v) is 11.7. The van der Waals surface area contributed by atoms with E-state index >= 15 is 0 Å². The van der Waals surface area contributed by atoms with Gasteiger partial charge in [0.15, 0.2) is 10.7 Å². The predicted molar refractivity (Wildman–Crippen MR) is 132 cm³/mol. The monoisotopic (exact) mass is 481 g/mol. The predicted octanol–water partition coefficient (Wildman–Crippen LogP) is 4.26. The van der Waals surface area contributed by atoms with E-state index in [2.05, 4.69) is 27.3 Å². The summed E-state index contributed by atoms with van der Waals surface area (Å²) in [6, 6.07) is 15.8. The number of hydrogen-bond acceptors (Lipinski definition) is 7. The summed E-state index contributed by atoms with van der Waals surface area (Å²) in [6.45, 7) is 2.51. The first kappa shape index (κ1) is 24.1. The van der Waals surface area contributed by atoms with Crippen molar-refractivity contribution < 1.29 is 14.6 Å². The molecule has 0 bridgehead atoms. The Hall–Kier alpha value is -3.07. The van der Waals surface area contributed by atoms with Crippen LogP contribution in [0, 0.1) is 0 Å². The van der Waals surface area contributed by atoms with Crippen molar-refractivity contribution in [2.24, 2.45) is 4.99 Å². The Bertz CT molecular complexity index is 1160. The van der Waals surface area contributed by atoms with E-state index in [0.29, 0.717) is 12.2 Å². The Morgan fingerprint density at radius 2 is 1.91 bits per heavy atom. The van der Waals surface area contributed by atoms with E-state index in [9.17, 15) is 9.90 Å². The van der Waals surface area contributed by atoms with Crippen LogP contribution in [0.3, 0.4) is 0 Å². The Morgan fingerprint density at radius 1 is 1.18 bits per heavy atom. The van der Waals surface area contributed by atoms with E-state index in [4.69, 9.17) is 16.3 Å². The maximum Gasteiger partial charge on any atom is 0.360 e. The van der Waals surface area contributed by atoms with Gasteiger partial charge in [-0.05, 0) is 23.1 Å². The molecule has 4 rings (SSSR count). The quantitative estimate of drug-likeness (QED) is 0.269. The highest BCUT2D eigenvalue weighted by Gasteiger charge is 2.41. The van der Waals surface area contributed by atoms with Crippen molar-refractivity contribution in [2.45, 2.75) is 43.9 Å². The molecule has 2 heterocycles. The number of esters is 1. The zero-order valence-electron chi connectivity index (χ0n) is 19.2. The second-order valence-electron chi connectivity index (χ2n) is 8.26. The van der Waals surface area contributed by atoms with Crippen molar-refractivity contribution in [1.82, 2.24) is 20.3 Å². The van der Waals surface area contributed by atoms with E-state index in [1.54, 1.807) is 6.21 Å². The van der Waals surface area contributed by atoms with Gasteiger partial charge in [0.1, 0.15) is 11.9 Å². The number of aromatic nitrogens is 3. The van der Waals surface area contributed by atoms with Gasteiger partial charge in [0.2, 0.25) is 0 Å². The Kier molecular flexibility index (Phi) is 7.41. The van der Waals surface area contributed by atoms with E-state index in [1.165, 1.54) is 7.11 Å². The number of H-pyrrole nitrogens is 1. The number of unbranched alkanes of at least 4 members (excludes halogenated alkanes) is 1. The molecule has 1 aliphatic heterocycles. The summed E-state index contributed by atoms with van der Waals surface area (Å²) in [5, 5.41) is 20.6. The highest BCUT2D eigenvalue weighted by molar-refractivity contribution is 6.32. The second-order valence-corrected chi connectivity index (χ2v) is 8.92. The third kappa shape index (κ3) is 4.75. The number of carbonyl (C=O) groups is 1. The number of hydrogen-bond donors (Lipinski definition) is 2. The number of carbonyl (C=O) groups excluding carboxylic acids is 1. The number of aliphatic hydroxyl groups excluding tert-OH is 1. The number of aromatic amines is 1. The normalized spacial score (nSPS) is 20.1. The molecule has 0 amide bonds. The number of methoxy groups -OCH3 is 1. The molecule has 178 valence electrons. The summed E-state index contributed by atoms with van der Waals surface area (Å²) in [5.41, 5.74) is 4.30. The molecule has 1 aliphatic rings. The molecule has 0 radical (unpaired) electrons. The van der Waals surface area contributed by atoms with Crippen molar-refractivity contribution in [2.75, 3.05) is 13.7 Å². The first-order valence-electron chi connectivity index (χ1n) is 11.3. The molecular weight excluding hydrogens is 454 g/mol. The van der Waals surface area contributed by atoms with E-state index in [-0.39, 0.29) is 18.5 Å². The molecule has 0 saturated carbocycles. The second kappa shape index (κ2) is 10.5. The third-order valence-corrected chi connectivity index (χ3v) is 6.48. The highest BCUT2D eigenvalue weighted by Crippen LogP contribution is 2.34. The van der Waals surface area contributed by atoms with Gasteiger partial charge in [0.05, 0.1) is 13.7 Å². The van der Waals surface area contributed by atoms with Gasteiger partial charge < -0.3 is 9.84 Å². The lowest BCUT2D eigenvalue weighted by Gasteiger charge is -2.33. The molecule has 34 heavy (non-hydrogen) atoms. The van der Waals surface area contributed by atoms with Crippen LogP contribution in [-0.2, 0) is 11.3 Å². The largest absolute Gasteiger partial charge is 0.464 e. The summed E-state index contributed by atoms with van der Waals surface area (Å²) in [7, 11) is 1.32. The van der Waals surface area contributed by atoms with Crippen LogP contribution < -0.4 is 0 Å². The van der Waals surface area contributed by atoms with Crippen molar-refractivity contribution in [1.29, 1.82) is 0 Å². The van der Waals surface area contributed by atoms with Crippen LogP contribution >= 0.6 is 11.6 Å². The molecule has 2 aromatic carbocycles. The van der Waals surface area contributed by atoms with Crippen LogP contribution in [0.25, 0.3) is 22.4 Å². The fourth-order valence-electron chi connectivity index (χ4n) is 4.17. The number of benzene rings is 2. The van der Waals surface area contributed by atoms with Crippen LogP contribution in [0.1, 0.15) is 42.2 Å². The molecule has 2 unspecified atom stereocenters. The Balaban J connectivity index is 1.60. The van der Waals surface area contributed by atoms with Gasteiger partial charge in [-0.25, -0.2) is 4.79 Å². The van der Waals surface area contributed by atoms with Gasteiger partial charge in [-0.15, -0.1) is 5.10 Å². The van der Waals surface area contributed by atoms with Crippen LogP contribution in [0.2, 0.25) is 0 Å². The molecule has 0 aliphatic carbocycles. The lowest BCUT2D eigenvalue weighted by atomic mass is 9.96. The van der Waals surface area contributed by atoms with Gasteiger partial charge in [-0.3, -0.25) is 9.89 Å². The summed E-state index contributed by atoms with van der Waals surface area (Å²) in [4.78, 5) is 17.7. The number of rotatable bonds is 9. The molecule has 0 fully saturated rings. The third-order valence-electron chi connectivity index (χ3n) is 6.05. The zero-order valence-corrected chi connectivity index (χ0v) is 20.0. The van der Waals surface area contributed by atoms with Crippen LogP contribution in [0.5, 0.6) is 0 Å². The Morgan fingerprint density at radius 3 is 2.59 bits per heavy atom.